The number of carbonyl (C=O) groups is 2. The number of hydrogen-bond acceptors (Lipinski definition) is 3. The molecule has 2 N–H and O–H groups in total. The van der Waals surface area contributed by atoms with Gasteiger partial charge < -0.3 is 10.2 Å². The van der Waals surface area contributed by atoms with Gasteiger partial charge in [0.05, 0.1) is 13.0 Å². The normalized spacial score (nSPS) is 11.2. The van der Waals surface area contributed by atoms with Gasteiger partial charge in [0.25, 0.3) is 0 Å². The van der Waals surface area contributed by atoms with E-state index in [9.17, 15) is 9.59 Å². The van der Waals surface area contributed by atoms with Gasteiger partial charge >= 0.3 is 11.9 Å². The lowest BCUT2D eigenvalue weighted by Gasteiger charge is -1.91. The third kappa shape index (κ3) is 5.07. The Hall–Kier alpha value is -1.39. The second-order valence-corrected chi connectivity index (χ2v) is 1.92. The van der Waals surface area contributed by atoms with E-state index < -0.39 is 11.9 Å². The third-order valence-electron chi connectivity index (χ3n) is 0.984. The van der Waals surface area contributed by atoms with Crippen LogP contribution < -0.4 is 0 Å². The molecule has 0 saturated carbocycles. The zero-order valence-corrected chi connectivity index (χ0v) is 6.07. The minimum absolute atomic E-state index is 0.0213. The molecule has 0 aliphatic carbocycles. The Balaban J connectivity index is 3.74. The highest BCUT2D eigenvalue weighted by Crippen LogP contribution is 1.83. The van der Waals surface area contributed by atoms with Crippen LogP contribution in [0.5, 0.6) is 0 Å². The third-order valence-corrected chi connectivity index (χ3v) is 0.984. The summed E-state index contributed by atoms with van der Waals surface area (Å²) in [6.07, 6.45) is -0.134. The van der Waals surface area contributed by atoms with E-state index in [1.165, 1.54) is 6.92 Å². The number of nitrogens with zero attached hydrogens (tertiary/aromatic N) is 1. The molecule has 0 rings (SSSR count). The summed E-state index contributed by atoms with van der Waals surface area (Å²) in [5.41, 5.74) is -0.0637. The van der Waals surface area contributed by atoms with Crippen LogP contribution in [0.25, 0.3) is 0 Å². The molecule has 0 bridgehead atoms. The standard InChI is InChI=1S/C6H9NO4/c1-4(6(10)11)7-3-2-5(8)9/h2-3H2,1H3,(H,8,9)(H,10,11). The van der Waals surface area contributed by atoms with Crippen molar-refractivity contribution >= 4 is 17.7 Å². The van der Waals surface area contributed by atoms with Crippen molar-refractivity contribution in [2.75, 3.05) is 6.54 Å². The first-order valence-corrected chi connectivity index (χ1v) is 3.00. The van der Waals surface area contributed by atoms with Crippen LogP contribution in [0, 0.1) is 0 Å². The molecule has 5 heteroatoms. The Morgan fingerprint density at radius 3 is 2.27 bits per heavy atom. The Labute approximate surface area is 63.4 Å². The van der Waals surface area contributed by atoms with E-state index in [4.69, 9.17) is 10.2 Å². The smallest absolute Gasteiger partial charge is 0.349 e. The van der Waals surface area contributed by atoms with Crippen molar-refractivity contribution in [2.45, 2.75) is 13.3 Å². The van der Waals surface area contributed by atoms with Crippen LogP contribution in [0.15, 0.2) is 4.99 Å². The van der Waals surface area contributed by atoms with Gasteiger partial charge in [-0.2, -0.15) is 0 Å². The van der Waals surface area contributed by atoms with E-state index in [2.05, 4.69) is 4.99 Å². The predicted molar refractivity (Wildman–Crippen MR) is 37.9 cm³/mol. The molecule has 0 radical (unpaired) electrons. The Morgan fingerprint density at radius 1 is 1.36 bits per heavy atom. The van der Waals surface area contributed by atoms with Crippen LogP contribution in [0.2, 0.25) is 0 Å². The van der Waals surface area contributed by atoms with E-state index in [0.29, 0.717) is 0 Å². The monoisotopic (exact) mass is 159 g/mol. The fourth-order valence-corrected chi connectivity index (χ4v) is 0.387. The van der Waals surface area contributed by atoms with Gasteiger partial charge in [0.15, 0.2) is 0 Å². The van der Waals surface area contributed by atoms with Crippen molar-refractivity contribution in [1.29, 1.82) is 0 Å². The molecule has 0 aromatic rings. The highest BCUT2D eigenvalue weighted by Gasteiger charge is 2.00. The molecule has 0 aromatic heterocycles. The molecule has 62 valence electrons. The molecular weight excluding hydrogens is 150 g/mol. The first kappa shape index (κ1) is 9.61. The van der Waals surface area contributed by atoms with Crippen molar-refractivity contribution in [3.8, 4) is 0 Å². The minimum Gasteiger partial charge on any atom is -0.481 e. The van der Waals surface area contributed by atoms with Gasteiger partial charge in [-0.3, -0.25) is 9.79 Å². The number of aliphatic imine (C=N–C) groups is 1. The lowest BCUT2D eigenvalue weighted by molar-refractivity contribution is -0.137. The maximum absolute atomic E-state index is 10.1. The molecule has 0 unspecified atom stereocenters. The van der Waals surface area contributed by atoms with Gasteiger partial charge in [-0.25, -0.2) is 4.79 Å². The summed E-state index contributed by atoms with van der Waals surface area (Å²) in [5.74, 6) is -2.10. The van der Waals surface area contributed by atoms with Gasteiger partial charge in [-0.05, 0) is 6.92 Å². The Morgan fingerprint density at radius 2 is 1.91 bits per heavy atom. The summed E-state index contributed by atoms with van der Waals surface area (Å²) < 4.78 is 0. The van der Waals surface area contributed by atoms with E-state index in [1.807, 2.05) is 0 Å². The molecule has 0 heterocycles. The largest absolute Gasteiger partial charge is 0.481 e. The van der Waals surface area contributed by atoms with E-state index in [1.54, 1.807) is 0 Å². The van der Waals surface area contributed by atoms with Crippen LogP contribution in [0.4, 0.5) is 0 Å². The molecule has 0 spiro atoms. The number of rotatable bonds is 4. The summed E-state index contributed by atoms with van der Waals surface area (Å²) in [5, 5.41) is 16.4. The van der Waals surface area contributed by atoms with Crippen molar-refractivity contribution < 1.29 is 19.8 Å². The number of carboxylic acid groups (broad SMARTS) is 2. The molecule has 0 aliphatic rings. The summed E-state index contributed by atoms with van der Waals surface area (Å²) in [6.45, 7) is 1.34. The van der Waals surface area contributed by atoms with Crippen molar-refractivity contribution in [2.24, 2.45) is 4.99 Å². The molecule has 0 aliphatic heterocycles. The molecular formula is C6H9NO4. The van der Waals surface area contributed by atoms with Crippen molar-refractivity contribution in [3.63, 3.8) is 0 Å². The average molecular weight is 159 g/mol. The molecule has 0 aromatic carbocycles. The number of aliphatic carboxylic acids is 2. The maximum Gasteiger partial charge on any atom is 0.349 e. The molecule has 0 fully saturated rings. The van der Waals surface area contributed by atoms with Gasteiger partial charge in [-0.15, -0.1) is 0 Å². The topological polar surface area (TPSA) is 87.0 Å². The van der Waals surface area contributed by atoms with E-state index in [-0.39, 0.29) is 18.7 Å². The predicted octanol–water partition coefficient (Wildman–Crippen LogP) is 0.00660. The van der Waals surface area contributed by atoms with E-state index in [0.717, 1.165) is 0 Å². The maximum atomic E-state index is 10.1. The van der Waals surface area contributed by atoms with Gasteiger partial charge in [0.2, 0.25) is 0 Å². The average Bonchev–Trinajstić information content (AvgIpc) is 1.86. The van der Waals surface area contributed by atoms with Crippen LogP contribution in [0.3, 0.4) is 0 Å². The molecule has 0 saturated heterocycles. The van der Waals surface area contributed by atoms with Crippen molar-refractivity contribution in [1.82, 2.24) is 0 Å². The van der Waals surface area contributed by atoms with E-state index >= 15 is 0 Å². The summed E-state index contributed by atoms with van der Waals surface area (Å²) >= 11 is 0. The number of hydrogen-bond donors (Lipinski definition) is 2. The Bertz CT molecular complexity index is 197. The minimum atomic E-state index is -1.12. The van der Waals surface area contributed by atoms with Gasteiger partial charge in [-0.1, -0.05) is 0 Å². The lowest BCUT2D eigenvalue weighted by Crippen LogP contribution is -2.09. The SMILES string of the molecule is CC(=NCCC(=O)O)C(=O)O. The number of carboxylic acids is 2. The second-order valence-electron chi connectivity index (χ2n) is 1.92. The molecule has 5 nitrogen and oxygen atoms in total. The fraction of sp³-hybridized carbons (Fsp3) is 0.500. The van der Waals surface area contributed by atoms with Crippen LogP contribution in [0.1, 0.15) is 13.3 Å². The second kappa shape index (κ2) is 4.43. The highest BCUT2D eigenvalue weighted by molar-refractivity contribution is 6.34. The molecule has 0 amide bonds. The zero-order valence-electron chi connectivity index (χ0n) is 6.07. The van der Waals surface area contributed by atoms with Crippen LogP contribution in [-0.2, 0) is 9.59 Å². The fourth-order valence-electron chi connectivity index (χ4n) is 0.387. The molecule has 11 heavy (non-hydrogen) atoms. The van der Waals surface area contributed by atoms with Crippen LogP contribution in [-0.4, -0.2) is 34.4 Å². The first-order chi connectivity index (χ1) is 5.04. The zero-order chi connectivity index (χ0) is 8.85. The summed E-state index contributed by atoms with van der Waals surface area (Å²) in [6, 6.07) is 0. The lowest BCUT2D eigenvalue weighted by atomic mass is 10.4. The Kier molecular flexibility index (Phi) is 3.87. The van der Waals surface area contributed by atoms with Crippen molar-refractivity contribution in [3.05, 3.63) is 0 Å². The first-order valence-electron chi connectivity index (χ1n) is 3.00. The van der Waals surface area contributed by atoms with Gasteiger partial charge in [0, 0.05) is 0 Å². The highest BCUT2D eigenvalue weighted by atomic mass is 16.4. The van der Waals surface area contributed by atoms with Crippen LogP contribution >= 0.6 is 0 Å². The summed E-state index contributed by atoms with van der Waals surface area (Å²) in [4.78, 5) is 23.5. The summed E-state index contributed by atoms with van der Waals surface area (Å²) in [7, 11) is 0. The quantitative estimate of drug-likeness (QED) is 0.565. The van der Waals surface area contributed by atoms with Gasteiger partial charge in [0.1, 0.15) is 5.71 Å². The molecule has 0 atom stereocenters.